The van der Waals surface area contributed by atoms with Crippen LogP contribution in [0.3, 0.4) is 0 Å². The lowest BCUT2D eigenvalue weighted by Gasteiger charge is -2.27. The van der Waals surface area contributed by atoms with E-state index in [4.69, 9.17) is 0 Å². The van der Waals surface area contributed by atoms with Crippen LogP contribution in [0.2, 0.25) is 0 Å². The highest BCUT2D eigenvalue weighted by atomic mass is 16.3. The molecule has 0 radical (unpaired) electrons. The van der Waals surface area contributed by atoms with Gasteiger partial charge in [0.05, 0.1) is 6.10 Å². The third-order valence-electron chi connectivity index (χ3n) is 2.79. The summed E-state index contributed by atoms with van der Waals surface area (Å²) in [7, 11) is 0. The van der Waals surface area contributed by atoms with E-state index in [1.807, 2.05) is 0 Å². The molecule has 0 spiro atoms. The van der Waals surface area contributed by atoms with Crippen LogP contribution in [0.25, 0.3) is 0 Å². The Morgan fingerprint density at radius 1 is 1.47 bits per heavy atom. The van der Waals surface area contributed by atoms with Gasteiger partial charge in [0, 0.05) is 19.1 Å². The fourth-order valence-corrected chi connectivity index (χ4v) is 2.11. The molecule has 0 bridgehead atoms. The van der Waals surface area contributed by atoms with Crippen molar-refractivity contribution in [2.45, 2.75) is 52.2 Å². The molecule has 1 aliphatic heterocycles. The average molecular weight is 214 g/mol. The zero-order chi connectivity index (χ0) is 11.3. The quantitative estimate of drug-likeness (QED) is 0.657. The number of rotatable bonds is 4. The monoisotopic (exact) mass is 214 g/mol. The van der Waals surface area contributed by atoms with Crippen molar-refractivity contribution < 1.29 is 5.11 Å². The van der Waals surface area contributed by atoms with Gasteiger partial charge in [0.2, 0.25) is 0 Å². The van der Waals surface area contributed by atoms with E-state index in [1.54, 1.807) is 0 Å². The Balaban J connectivity index is 2.12. The molecule has 0 aromatic heterocycles. The second-order valence-electron chi connectivity index (χ2n) is 5.87. The summed E-state index contributed by atoms with van der Waals surface area (Å²) >= 11 is 0. The molecule has 0 amide bonds. The molecule has 1 fully saturated rings. The average Bonchev–Trinajstić information content (AvgIpc) is 2.14. The number of piperidine rings is 1. The Morgan fingerprint density at radius 3 is 2.73 bits per heavy atom. The maximum atomic E-state index is 9.83. The maximum absolute atomic E-state index is 9.83. The standard InChI is InChI=1S/C12H26N2O/c1-12(2,3)7-11(15)9-14-10-5-4-6-13-8-10/h10-11,13-15H,4-9H2,1-3H3. The zero-order valence-corrected chi connectivity index (χ0v) is 10.3. The minimum absolute atomic E-state index is 0.214. The van der Waals surface area contributed by atoms with Crippen molar-refractivity contribution in [1.82, 2.24) is 10.6 Å². The minimum Gasteiger partial charge on any atom is -0.392 e. The lowest BCUT2D eigenvalue weighted by Crippen LogP contribution is -2.45. The van der Waals surface area contributed by atoms with Crippen LogP contribution in [0.1, 0.15) is 40.0 Å². The van der Waals surface area contributed by atoms with Gasteiger partial charge in [-0.25, -0.2) is 0 Å². The van der Waals surface area contributed by atoms with E-state index in [-0.39, 0.29) is 11.5 Å². The summed E-state index contributed by atoms with van der Waals surface area (Å²) in [5, 5.41) is 16.6. The lowest BCUT2D eigenvalue weighted by molar-refractivity contribution is 0.115. The Morgan fingerprint density at radius 2 is 2.20 bits per heavy atom. The summed E-state index contributed by atoms with van der Waals surface area (Å²) < 4.78 is 0. The van der Waals surface area contributed by atoms with Crippen LogP contribution in [0.4, 0.5) is 0 Å². The molecule has 0 aromatic carbocycles. The third-order valence-corrected chi connectivity index (χ3v) is 2.79. The second-order valence-corrected chi connectivity index (χ2v) is 5.87. The molecule has 0 aliphatic carbocycles. The SMILES string of the molecule is CC(C)(C)CC(O)CNC1CCCNC1. The summed E-state index contributed by atoms with van der Waals surface area (Å²) in [5.74, 6) is 0. The van der Waals surface area contributed by atoms with Crippen LogP contribution < -0.4 is 10.6 Å². The van der Waals surface area contributed by atoms with Crippen LogP contribution in [0.5, 0.6) is 0 Å². The first-order valence-electron chi connectivity index (χ1n) is 6.09. The van der Waals surface area contributed by atoms with Crippen molar-refractivity contribution >= 4 is 0 Å². The van der Waals surface area contributed by atoms with Crippen LogP contribution >= 0.6 is 0 Å². The molecule has 3 N–H and O–H groups in total. The first-order chi connectivity index (χ1) is 6.97. The van der Waals surface area contributed by atoms with E-state index in [2.05, 4.69) is 31.4 Å². The lowest BCUT2D eigenvalue weighted by atomic mass is 9.89. The van der Waals surface area contributed by atoms with E-state index in [1.165, 1.54) is 12.8 Å². The van der Waals surface area contributed by atoms with Gasteiger partial charge in [-0.1, -0.05) is 20.8 Å². The van der Waals surface area contributed by atoms with Crippen LogP contribution in [-0.2, 0) is 0 Å². The Bertz CT molecular complexity index is 171. The number of nitrogens with one attached hydrogen (secondary N) is 2. The van der Waals surface area contributed by atoms with Crippen LogP contribution in [0, 0.1) is 5.41 Å². The molecule has 3 heteroatoms. The van der Waals surface area contributed by atoms with Gasteiger partial charge < -0.3 is 15.7 Å². The van der Waals surface area contributed by atoms with Gasteiger partial charge >= 0.3 is 0 Å². The van der Waals surface area contributed by atoms with Crippen molar-refractivity contribution in [3.05, 3.63) is 0 Å². The number of aliphatic hydroxyl groups excluding tert-OH is 1. The molecule has 90 valence electrons. The third kappa shape index (κ3) is 6.13. The molecule has 1 saturated heterocycles. The Hall–Kier alpha value is -0.120. The Kier molecular flexibility index (Phi) is 5.03. The Labute approximate surface area is 93.6 Å². The summed E-state index contributed by atoms with van der Waals surface area (Å²) in [4.78, 5) is 0. The highest BCUT2D eigenvalue weighted by Crippen LogP contribution is 2.20. The molecular formula is C12H26N2O. The number of aliphatic hydroxyl groups is 1. The summed E-state index contributed by atoms with van der Waals surface area (Å²) in [6.45, 7) is 9.41. The van der Waals surface area contributed by atoms with Crippen molar-refractivity contribution in [3.8, 4) is 0 Å². The van der Waals surface area contributed by atoms with Gasteiger partial charge in [0.1, 0.15) is 0 Å². The maximum Gasteiger partial charge on any atom is 0.0669 e. The fraction of sp³-hybridized carbons (Fsp3) is 1.00. The van der Waals surface area contributed by atoms with Gasteiger partial charge in [-0.05, 0) is 31.2 Å². The summed E-state index contributed by atoms with van der Waals surface area (Å²) in [6, 6.07) is 0.549. The van der Waals surface area contributed by atoms with Gasteiger partial charge in [0.15, 0.2) is 0 Å². The molecule has 2 unspecified atom stereocenters. The molecule has 2 atom stereocenters. The van der Waals surface area contributed by atoms with Crippen molar-refractivity contribution in [1.29, 1.82) is 0 Å². The van der Waals surface area contributed by atoms with E-state index in [9.17, 15) is 5.11 Å². The molecule has 1 rings (SSSR count). The van der Waals surface area contributed by atoms with Crippen LogP contribution in [-0.4, -0.2) is 36.9 Å². The van der Waals surface area contributed by atoms with Crippen molar-refractivity contribution in [2.75, 3.05) is 19.6 Å². The van der Waals surface area contributed by atoms with E-state index < -0.39 is 0 Å². The van der Waals surface area contributed by atoms with Crippen molar-refractivity contribution in [3.63, 3.8) is 0 Å². The highest BCUT2D eigenvalue weighted by Gasteiger charge is 2.18. The topological polar surface area (TPSA) is 44.3 Å². The predicted molar refractivity (Wildman–Crippen MR) is 64.0 cm³/mol. The molecule has 0 saturated carbocycles. The summed E-state index contributed by atoms with van der Waals surface area (Å²) in [5.41, 5.74) is 0.214. The molecule has 0 aromatic rings. The molecular weight excluding hydrogens is 188 g/mol. The van der Waals surface area contributed by atoms with Crippen LogP contribution in [0.15, 0.2) is 0 Å². The highest BCUT2D eigenvalue weighted by molar-refractivity contribution is 4.77. The van der Waals surface area contributed by atoms with Gasteiger partial charge in [-0.3, -0.25) is 0 Å². The normalized spacial score (nSPS) is 25.2. The fourth-order valence-electron chi connectivity index (χ4n) is 2.11. The zero-order valence-electron chi connectivity index (χ0n) is 10.3. The van der Waals surface area contributed by atoms with E-state index >= 15 is 0 Å². The van der Waals surface area contributed by atoms with E-state index in [0.717, 1.165) is 26.1 Å². The predicted octanol–water partition coefficient (Wildman–Crippen LogP) is 1.13. The number of hydrogen-bond acceptors (Lipinski definition) is 3. The molecule has 3 nitrogen and oxygen atoms in total. The van der Waals surface area contributed by atoms with Gasteiger partial charge in [-0.15, -0.1) is 0 Å². The minimum atomic E-state index is -0.216. The molecule has 1 aliphatic rings. The van der Waals surface area contributed by atoms with E-state index in [0.29, 0.717) is 6.04 Å². The second kappa shape index (κ2) is 5.83. The van der Waals surface area contributed by atoms with Gasteiger partial charge in [-0.2, -0.15) is 0 Å². The van der Waals surface area contributed by atoms with Gasteiger partial charge in [0.25, 0.3) is 0 Å². The first-order valence-corrected chi connectivity index (χ1v) is 6.09. The first kappa shape index (κ1) is 12.9. The molecule has 1 heterocycles. The van der Waals surface area contributed by atoms with Crippen molar-refractivity contribution in [2.24, 2.45) is 5.41 Å². The largest absolute Gasteiger partial charge is 0.392 e. The smallest absolute Gasteiger partial charge is 0.0669 e. The summed E-state index contributed by atoms with van der Waals surface area (Å²) in [6.07, 6.45) is 3.12. The number of hydrogen-bond donors (Lipinski definition) is 3. The molecule has 15 heavy (non-hydrogen) atoms.